The molecule has 2 aromatic carbocycles. The highest BCUT2D eigenvalue weighted by Gasteiger charge is 2.13. The molecule has 0 saturated heterocycles. The number of ether oxygens (including phenoxy) is 1. The number of anilines is 1. The number of nitrogens with zero attached hydrogens (tertiary/aromatic N) is 1. The lowest BCUT2D eigenvalue weighted by molar-refractivity contribution is -0.385. The first-order valence-electron chi connectivity index (χ1n) is 6.63. The number of hydrogen-bond donors (Lipinski definition) is 1. The second-order valence-corrected chi connectivity index (χ2v) is 4.92. The second kappa shape index (κ2) is 6.26. The molecule has 0 amide bonds. The van der Waals surface area contributed by atoms with Crippen LogP contribution in [0.4, 0.5) is 11.4 Å². The summed E-state index contributed by atoms with van der Waals surface area (Å²) in [5.41, 5.74) is 3.65. The van der Waals surface area contributed by atoms with E-state index < -0.39 is 0 Å². The predicted molar refractivity (Wildman–Crippen MR) is 82.9 cm³/mol. The molecule has 0 radical (unpaired) electrons. The molecule has 5 heteroatoms. The highest BCUT2D eigenvalue weighted by atomic mass is 16.6. The van der Waals surface area contributed by atoms with Gasteiger partial charge in [0.2, 0.25) is 0 Å². The summed E-state index contributed by atoms with van der Waals surface area (Å²) in [6.07, 6.45) is 0. The lowest BCUT2D eigenvalue weighted by Crippen LogP contribution is -2.03. The summed E-state index contributed by atoms with van der Waals surface area (Å²) in [5, 5.41) is 14.2. The van der Waals surface area contributed by atoms with Crippen LogP contribution in [0, 0.1) is 24.0 Å². The Morgan fingerprint density at radius 2 is 1.95 bits per heavy atom. The van der Waals surface area contributed by atoms with Crippen molar-refractivity contribution < 1.29 is 9.66 Å². The fourth-order valence-corrected chi connectivity index (χ4v) is 2.17. The van der Waals surface area contributed by atoms with Crippen molar-refractivity contribution in [2.24, 2.45) is 0 Å². The summed E-state index contributed by atoms with van der Waals surface area (Å²) >= 11 is 0. The second-order valence-electron chi connectivity index (χ2n) is 4.92. The number of nitro groups is 1. The van der Waals surface area contributed by atoms with Crippen molar-refractivity contribution in [1.82, 2.24) is 0 Å². The minimum absolute atomic E-state index is 0.152. The summed E-state index contributed by atoms with van der Waals surface area (Å²) in [6.45, 7) is 4.24. The predicted octanol–water partition coefficient (Wildman–Crippen LogP) is 3.83. The molecule has 0 saturated carbocycles. The number of aryl methyl sites for hydroxylation is 2. The maximum absolute atomic E-state index is 10.9. The Morgan fingerprint density at radius 1 is 1.19 bits per heavy atom. The molecule has 0 spiro atoms. The monoisotopic (exact) mass is 286 g/mol. The first-order valence-corrected chi connectivity index (χ1v) is 6.63. The van der Waals surface area contributed by atoms with Crippen LogP contribution in [0.2, 0.25) is 0 Å². The maximum atomic E-state index is 10.9. The number of nitro benzene ring substituents is 1. The molecular formula is C16H18N2O3. The first-order chi connectivity index (χ1) is 10.0. The summed E-state index contributed by atoms with van der Waals surface area (Å²) in [6, 6.07) is 11.2. The van der Waals surface area contributed by atoms with Crippen molar-refractivity contribution in [3.05, 3.63) is 63.2 Å². The number of hydrogen-bond acceptors (Lipinski definition) is 4. The van der Waals surface area contributed by atoms with E-state index in [4.69, 9.17) is 4.74 Å². The number of nitrogens with one attached hydrogen (secondary N) is 1. The van der Waals surface area contributed by atoms with Gasteiger partial charge in [-0.2, -0.15) is 0 Å². The third kappa shape index (κ3) is 3.51. The molecule has 0 aliphatic carbocycles. The van der Waals surface area contributed by atoms with Crippen LogP contribution in [0.5, 0.6) is 5.75 Å². The summed E-state index contributed by atoms with van der Waals surface area (Å²) in [4.78, 5) is 10.6. The molecule has 110 valence electrons. The molecule has 5 nitrogen and oxygen atoms in total. The van der Waals surface area contributed by atoms with Gasteiger partial charge in [0.05, 0.1) is 12.0 Å². The van der Waals surface area contributed by atoms with Crippen LogP contribution in [0.25, 0.3) is 0 Å². The number of methoxy groups -OCH3 is 1. The van der Waals surface area contributed by atoms with Gasteiger partial charge >= 0.3 is 0 Å². The normalized spacial score (nSPS) is 10.2. The summed E-state index contributed by atoms with van der Waals surface area (Å²) < 4.78 is 5.19. The molecule has 21 heavy (non-hydrogen) atoms. The van der Waals surface area contributed by atoms with E-state index in [0.29, 0.717) is 12.1 Å². The topological polar surface area (TPSA) is 64.4 Å². The first kappa shape index (κ1) is 14.8. The van der Waals surface area contributed by atoms with Gasteiger partial charge in [0.1, 0.15) is 5.75 Å². The van der Waals surface area contributed by atoms with Gasteiger partial charge in [0.15, 0.2) is 0 Å². The molecule has 1 N–H and O–H groups in total. The van der Waals surface area contributed by atoms with Crippen molar-refractivity contribution in [3.63, 3.8) is 0 Å². The minimum Gasteiger partial charge on any atom is -0.497 e. The van der Waals surface area contributed by atoms with Crippen LogP contribution in [0.15, 0.2) is 36.4 Å². The van der Waals surface area contributed by atoms with E-state index in [1.165, 1.54) is 0 Å². The lowest BCUT2D eigenvalue weighted by atomic mass is 10.1. The van der Waals surface area contributed by atoms with Crippen LogP contribution in [0.1, 0.15) is 16.7 Å². The van der Waals surface area contributed by atoms with Crippen molar-refractivity contribution in [3.8, 4) is 5.75 Å². The zero-order valence-electron chi connectivity index (χ0n) is 12.3. The summed E-state index contributed by atoms with van der Waals surface area (Å²) in [7, 11) is 1.64. The van der Waals surface area contributed by atoms with E-state index in [-0.39, 0.29) is 10.6 Å². The molecule has 0 bridgehead atoms. The third-order valence-corrected chi connectivity index (χ3v) is 3.36. The Bertz CT molecular complexity index is 669. The average Bonchev–Trinajstić information content (AvgIpc) is 2.47. The van der Waals surface area contributed by atoms with Gasteiger partial charge < -0.3 is 10.1 Å². The van der Waals surface area contributed by atoms with Crippen LogP contribution in [-0.2, 0) is 6.54 Å². The molecule has 0 fully saturated rings. The Hall–Kier alpha value is -2.56. The Kier molecular flexibility index (Phi) is 4.42. The van der Waals surface area contributed by atoms with E-state index in [2.05, 4.69) is 5.32 Å². The van der Waals surface area contributed by atoms with Crippen molar-refractivity contribution in [2.45, 2.75) is 20.4 Å². The third-order valence-electron chi connectivity index (χ3n) is 3.36. The molecule has 0 aliphatic heterocycles. The van der Waals surface area contributed by atoms with Gasteiger partial charge in [0, 0.05) is 23.9 Å². The SMILES string of the molecule is COc1cccc(CNc2cc(C)c([N+](=O)[O-])cc2C)c1. The average molecular weight is 286 g/mol. The van der Waals surface area contributed by atoms with Crippen molar-refractivity contribution in [1.29, 1.82) is 0 Å². The molecule has 0 atom stereocenters. The quantitative estimate of drug-likeness (QED) is 0.670. The Labute approximate surface area is 123 Å². The zero-order valence-corrected chi connectivity index (χ0v) is 12.3. The van der Waals surface area contributed by atoms with E-state index in [0.717, 1.165) is 22.6 Å². The van der Waals surface area contributed by atoms with Crippen molar-refractivity contribution >= 4 is 11.4 Å². The fourth-order valence-electron chi connectivity index (χ4n) is 2.17. The van der Waals surface area contributed by atoms with Gasteiger partial charge in [-0.15, -0.1) is 0 Å². The van der Waals surface area contributed by atoms with E-state index >= 15 is 0 Å². The van der Waals surface area contributed by atoms with Crippen LogP contribution in [0.3, 0.4) is 0 Å². The van der Waals surface area contributed by atoms with Gasteiger partial charge in [-0.05, 0) is 43.2 Å². The Morgan fingerprint density at radius 3 is 2.62 bits per heavy atom. The maximum Gasteiger partial charge on any atom is 0.272 e. The highest BCUT2D eigenvalue weighted by Crippen LogP contribution is 2.26. The van der Waals surface area contributed by atoms with Gasteiger partial charge in [-0.1, -0.05) is 12.1 Å². The Balaban J connectivity index is 2.16. The molecule has 0 heterocycles. The van der Waals surface area contributed by atoms with E-state index in [9.17, 15) is 10.1 Å². The molecular weight excluding hydrogens is 268 g/mol. The standard InChI is InChI=1S/C16H18N2O3/c1-11-8-16(18(19)20)12(2)7-15(11)17-10-13-5-4-6-14(9-13)21-3/h4-9,17H,10H2,1-3H3. The van der Waals surface area contributed by atoms with Crippen LogP contribution < -0.4 is 10.1 Å². The van der Waals surface area contributed by atoms with Gasteiger partial charge in [-0.25, -0.2) is 0 Å². The van der Waals surface area contributed by atoms with E-state index in [1.807, 2.05) is 37.3 Å². The molecule has 0 aliphatic rings. The largest absolute Gasteiger partial charge is 0.497 e. The number of rotatable bonds is 5. The highest BCUT2D eigenvalue weighted by molar-refractivity contribution is 5.59. The zero-order chi connectivity index (χ0) is 15.4. The summed E-state index contributed by atoms with van der Waals surface area (Å²) in [5.74, 6) is 0.811. The van der Waals surface area contributed by atoms with Crippen LogP contribution in [-0.4, -0.2) is 12.0 Å². The minimum atomic E-state index is -0.353. The van der Waals surface area contributed by atoms with Crippen molar-refractivity contribution in [2.75, 3.05) is 12.4 Å². The van der Waals surface area contributed by atoms with Crippen LogP contribution >= 0.6 is 0 Å². The molecule has 2 rings (SSSR count). The van der Waals surface area contributed by atoms with E-state index in [1.54, 1.807) is 20.1 Å². The van der Waals surface area contributed by atoms with Gasteiger partial charge in [0.25, 0.3) is 5.69 Å². The molecule has 0 aromatic heterocycles. The smallest absolute Gasteiger partial charge is 0.272 e. The molecule has 2 aromatic rings. The number of benzene rings is 2. The van der Waals surface area contributed by atoms with Gasteiger partial charge in [-0.3, -0.25) is 10.1 Å². The molecule has 0 unspecified atom stereocenters. The lowest BCUT2D eigenvalue weighted by Gasteiger charge is -2.11. The fraction of sp³-hybridized carbons (Fsp3) is 0.250.